The molecule has 0 aromatic heterocycles. The van der Waals surface area contributed by atoms with Gasteiger partial charge < -0.3 is 15.2 Å². The summed E-state index contributed by atoms with van der Waals surface area (Å²) in [6, 6.07) is 17.2. The zero-order valence-electron chi connectivity index (χ0n) is 15.3. The predicted molar refractivity (Wildman–Crippen MR) is 99.4 cm³/mol. The Morgan fingerprint density at radius 3 is 2.07 bits per heavy atom. The van der Waals surface area contributed by atoms with Crippen molar-refractivity contribution in [2.24, 2.45) is 11.7 Å². The first-order chi connectivity index (χ1) is 13.5. The topological polar surface area (TPSA) is 78.6 Å². The molecule has 0 fully saturated rings. The molecular formula is C21H23F2NO4. The van der Waals surface area contributed by atoms with Crippen LogP contribution in [0.5, 0.6) is 0 Å². The molecule has 2 rings (SSSR count). The third-order valence-corrected chi connectivity index (χ3v) is 4.14. The van der Waals surface area contributed by atoms with Crippen molar-refractivity contribution < 1.29 is 27.8 Å². The molecule has 0 heterocycles. The summed E-state index contributed by atoms with van der Waals surface area (Å²) in [6.45, 7) is -3.68. The first-order valence-electron chi connectivity index (χ1n) is 8.88. The molecule has 2 N–H and O–H groups in total. The summed E-state index contributed by atoms with van der Waals surface area (Å²) in [7, 11) is 0. The normalized spacial score (nSPS) is 13.1. The average molecular weight is 391 g/mol. The van der Waals surface area contributed by atoms with Crippen molar-refractivity contribution in [1.82, 2.24) is 0 Å². The molecule has 2 aromatic rings. The largest absolute Gasteiger partial charge is 0.461 e. The lowest BCUT2D eigenvalue weighted by atomic mass is 9.95. The van der Waals surface area contributed by atoms with Crippen LogP contribution >= 0.6 is 0 Å². The maximum atomic E-state index is 12.4. The van der Waals surface area contributed by atoms with Crippen LogP contribution in [-0.4, -0.2) is 31.0 Å². The molecule has 28 heavy (non-hydrogen) atoms. The Balaban J connectivity index is 1.94. The average Bonchev–Trinajstić information content (AvgIpc) is 2.70. The second kappa shape index (κ2) is 11.3. The summed E-state index contributed by atoms with van der Waals surface area (Å²) >= 11 is 0. The standard InChI is InChI=1S/C21H23F2NO4/c22-21(23)28-14-17(20(26)27-13-16-9-5-2-6-10-16)12-19(25)18(24)11-15-7-3-1-4-8-15/h1-10,17-18,21H,11-14,24H2/t17-,18-/m0/s1. The molecule has 0 saturated carbocycles. The second-order valence-corrected chi connectivity index (χ2v) is 6.35. The van der Waals surface area contributed by atoms with Crippen molar-refractivity contribution in [1.29, 1.82) is 0 Å². The molecule has 7 heteroatoms. The Morgan fingerprint density at radius 1 is 0.929 bits per heavy atom. The van der Waals surface area contributed by atoms with Crippen molar-refractivity contribution in [3.63, 3.8) is 0 Å². The minimum atomic E-state index is -3.04. The van der Waals surface area contributed by atoms with Crippen LogP contribution in [0.25, 0.3) is 0 Å². The maximum absolute atomic E-state index is 12.4. The van der Waals surface area contributed by atoms with Gasteiger partial charge in [-0.3, -0.25) is 9.59 Å². The van der Waals surface area contributed by atoms with Crippen molar-refractivity contribution in [3.8, 4) is 0 Å². The zero-order chi connectivity index (χ0) is 20.4. The number of ether oxygens (including phenoxy) is 2. The van der Waals surface area contributed by atoms with Gasteiger partial charge >= 0.3 is 12.6 Å². The third kappa shape index (κ3) is 7.54. The highest BCUT2D eigenvalue weighted by molar-refractivity contribution is 5.88. The molecule has 0 aliphatic rings. The summed E-state index contributed by atoms with van der Waals surface area (Å²) in [5.74, 6) is -2.33. The van der Waals surface area contributed by atoms with Gasteiger partial charge in [0.05, 0.1) is 18.6 Å². The Labute approximate surface area is 162 Å². The number of nitrogens with two attached hydrogens (primary N) is 1. The number of hydrogen-bond donors (Lipinski definition) is 1. The van der Waals surface area contributed by atoms with Gasteiger partial charge in [-0.15, -0.1) is 0 Å². The Kier molecular flexibility index (Phi) is 8.71. The van der Waals surface area contributed by atoms with Crippen molar-refractivity contribution in [3.05, 3.63) is 71.8 Å². The van der Waals surface area contributed by atoms with E-state index in [9.17, 15) is 18.4 Å². The van der Waals surface area contributed by atoms with Crippen LogP contribution in [0.1, 0.15) is 17.5 Å². The van der Waals surface area contributed by atoms with Gasteiger partial charge in [0.2, 0.25) is 0 Å². The molecule has 2 aromatic carbocycles. The lowest BCUT2D eigenvalue weighted by Crippen LogP contribution is -2.36. The second-order valence-electron chi connectivity index (χ2n) is 6.35. The molecule has 0 spiro atoms. The smallest absolute Gasteiger partial charge is 0.345 e. The van der Waals surface area contributed by atoms with Crippen molar-refractivity contribution in [2.45, 2.75) is 32.1 Å². The van der Waals surface area contributed by atoms with Crippen molar-refractivity contribution >= 4 is 11.8 Å². The van der Waals surface area contributed by atoms with Crippen LogP contribution in [0.15, 0.2) is 60.7 Å². The number of hydrogen-bond acceptors (Lipinski definition) is 5. The fraction of sp³-hybridized carbons (Fsp3) is 0.333. The molecular weight excluding hydrogens is 368 g/mol. The monoisotopic (exact) mass is 391 g/mol. The van der Waals surface area contributed by atoms with E-state index in [0.717, 1.165) is 11.1 Å². The van der Waals surface area contributed by atoms with Crippen LogP contribution in [0.2, 0.25) is 0 Å². The van der Waals surface area contributed by atoms with E-state index in [1.165, 1.54) is 0 Å². The lowest BCUT2D eigenvalue weighted by Gasteiger charge is -2.18. The van der Waals surface area contributed by atoms with Gasteiger partial charge in [0.15, 0.2) is 5.78 Å². The zero-order valence-corrected chi connectivity index (χ0v) is 15.3. The van der Waals surface area contributed by atoms with E-state index in [4.69, 9.17) is 10.5 Å². The predicted octanol–water partition coefficient (Wildman–Crippen LogP) is 3.11. The molecule has 0 radical (unpaired) electrons. The molecule has 0 saturated heterocycles. The van der Waals surface area contributed by atoms with Gasteiger partial charge in [-0.1, -0.05) is 60.7 Å². The SMILES string of the molecule is N[C@@H](Cc1ccccc1)C(=O)C[C@@H](COC(F)F)C(=O)OCc1ccccc1. The summed E-state index contributed by atoms with van der Waals surface area (Å²) in [5, 5.41) is 0. The van der Waals surface area contributed by atoms with Crippen LogP contribution in [-0.2, 0) is 32.1 Å². The number of carbonyl (C=O) groups excluding carboxylic acids is 2. The number of ketones is 1. The number of Topliss-reactive ketones (excluding diaryl/α,β-unsaturated/α-hetero) is 1. The van der Waals surface area contributed by atoms with E-state index in [1.807, 2.05) is 36.4 Å². The fourth-order valence-electron chi connectivity index (χ4n) is 2.62. The van der Waals surface area contributed by atoms with E-state index in [-0.39, 0.29) is 13.0 Å². The highest BCUT2D eigenvalue weighted by Crippen LogP contribution is 2.14. The lowest BCUT2D eigenvalue weighted by molar-refractivity contribution is -0.166. The molecule has 2 atom stereocenters. The highest BCUT2D eigenvalue weighted by Gasteiger charge is 2.27. The molecule has 0 amide bonds. The Hall–Kier alpha value is -2.64. The van der Waals surface area contributed by atoms with Gasteiger partial charge in [0.1, 0.15) is 6.61 Å². The number of benzene rings is 2. The van der Waals surface area contributed by atoms with Gasteiger partial charge in [0, 0.05) is 6.42 Å². The first-order valence-corrected chi connectivity index (χ1v) is 8.88. The van der Waals surface area contributed by atoms with E-state index in [2.05, 4.69) is 4.74 Å². The van der Waals surface area contributed by atoms with Crippen LogP contribution in [0.4, 0.5) is 8.78 Å². The Morgan fingerprint density at radius 2 is 1.50 bits per heavy atom. The van der Waals surface area contributed by atoms with Gasteiger partial charge in [-0.2, -0.15) is 8.78 Å². The molecule has 0 unspecified atom stereocenters. The molecule has 5 nitrogen and oxygen atoms in total. The van der Waals surface area contributed by atoms with E-state index in [0.29, 0.717) is 6.42 Å². The maximum Gasteiger partial charge on any atom is 0.345 e. The molecule has 0 aliphatic carbocycles. The number of carbonyl (C=O) groups is 2. The number of esters is 1. The number of rotatable bonds is 11. The number of alkyl halides is 2. The molecule has 150 valence electrons. The number of halogens is 2. The summed E-state index contributed by atoms with van der Waals surface area (Å²) in [6.07, 6.45) is -0.0322. The Bertz CT molecular complexity index is 741. The molecule has 0 aliphatic heterocycles. The van der Waals surface area contributed by atoms with E-state index in [1.54, 1.807) is 24.3 Å². The van der Waals surface area contributed by atoms with Crippen LogP contribution < -0.4 is 5.73 Å². The highest BCUT2D eigenvalue weighted by atomic mass is 19.3. The van der Waals surface area contributed by atoms with E-state index < -0.39 is 36.9 Å². The van der Waals surface area contributed by atoms with Gasteiger partial charge in [-0.05, 0) is 17.5 Å². The summed E-state index contributed by atoms with van der Waals surface area (Å²) in [4.78, 5) is 24.7. The minimum absolute atomic E-state index is 0.0187. The first kappa shape index (κ1) is 21.7. The minimum Gasteiger partial charge on any atom is -0.461 e. The van der Waals surface area contributed by atoms with Gasteiger partial charge in [0.25, 0.3) is 0 Å². The summed E-state index contributed by atoms with van der Waals surface area (Å²) in [5.41, 5.74) is 7.55. The quantitative estimate of drug-likeness (QED) is 0.596. The van der Waals surface area contributed by atoms with Crippen LogP contribution in [0.3, 0.4) is 0 Å². The van der Waals surface area contributed by atoms with Crippen LogP contribution in [0, 0.1) is 5.92 Å². The van der Waals surface area contributed by atoms with Crippen molar-refractivity contribution in [2.75, 3.05) is 6.61 Å². The van der Waals surface area contributed by atoms with E-state index >= 15 is 0 Å². The third-order valence-electron chi connectivity index (χ3n) is 4.14. The van der Waals surface area contributed by atoms with Gasteiger partial charge in [-0.25, -0.2) is 0 Å². The fourth-order valence-corrected chi connectivity index (χ4v) is 2.62. The molecule has 0 bridgehead atoms. The summed E-state index contributed by atoms with van der Waals surface area (Å²) < 4.78 is 34.2.